The molecule has 0 radical (unpaired) electrons. The lowest BCUT2D eigenvalue weighted by molar-refractivity contribution is -0.150. The summed E-state index contributed by atoms with van der Waals surface area (Å²) in [5.74, 6) is -1.08. The summed E-state index contributed by atoms with van der Waals surface area (Å²) >= 11 is 0. The Morgan fingerprint density at radius 3 is 2.83 bits per heavy atom. The molecule has 0 aliphatic carbocycles. The van der Waals surface area contributed by atoms with Crippen LogP contribution in [0.5, 0.6) is 0 Å². The Balaban J connectivity index is 2.41. The van der Waals surface area contributed by atoms with E-state index in [1.54, 1.807) is 24.3 Å². The minimum absolute atomic E-state index is 0.138. The molecule has 98 valence electrons. The van der Waals surface area contributed by atoms with Gasteiger partial charge in [0.1, 0.15) is 0 Å². The zero-order valence-electron chi connectivity index (χ0n) is 10.1. The van der Waals surface area contributed by atoms with Crippen LogP contribution in [-0.2, 0) is 20.7 Å². The summed E-state index contributed by atoms with van der Waals surface area (Å²) in [7, 11) is 1.17. The second-order valence-corrected chi connectivity index (χ2v) is 3.76. The third-order valence-electron chi connectivity index (χ3n) is 2.28. The highest BCUT2D eigenvalue weighted by molar-refractivity contribution is 5.80. The summed E-state index contributed by atoms with van der Waals surface area (Å²) in [6.07, 6.45) is -1.21. The molecule has 0 aliphatic heterocycles. The van der Waals surface area contributed by atoms with Crippen molar-refractivity contribution >= 4 is 17.6 Å². The van der Waals surface area contributed by atoms with Crippen LogP contribution in [0.4, 0.5) is 5.69 Å². The summed E-state index contributed by atoms with van der Waals surface area (Å²) in [4.78, 5) is 22.4. The van der Waals surface area contributed by atoms with Gasteiger partial charge in [0.15, 0.2) is 6.10 Å². The second-order valence-electron chi connectivity index (χ2n) is 3.76. The van der Waals surface area contributed by atoms with E-state index in [4.69, 9.17) is 5.73 Å². The number of nitrogens with two attached hydrogens (primary N) is 1. The Bertz CT molecular complexity index is 434. The quantitative estimate of drug-likeness (QED) is 0.482. The predicted octanol–water partition coefficient (Wildman–Crippen LogP) is -0.539. The maximum atomic E-state index is 11.5. The first kappa shape index (κ1) is 14.0. The second kappa shape index (κ2) is 6.61. The van der Waals surface area contributed by atoms with Gasteiger partial charge >= 0.3 is 5.97 Å². The number of carbonyl (C=O) groups is 2. The normalized spacial score (nSPS) is 11.7. The Kier molecular flexibility index (Phi) is 5.13. The lowest BCUT2D eigenvalue weighted by Crippen LogP contribution is -2.37. The van der Waals surface area contributed by atoms with Crippen LogP contribution >= 0.6 is 0 Å². The molecule has 0 fully saturated rings. The smallest absolute Gasteiger partial charge is 0.336 e. The molecule has 0 heterocycles. The zero-order valence-corrected chi connectivity index (χ0v) is 10.1. The Labute approximate surface area is 105 Å². The van der Waals surface area contributed by atoms with Gasteiger partial charge in [-0.1, -0.05) is 12.1 Å². The molecule has 0 aromatic heterocycles. The van der Waals surface area contributed by atoms with Crippen LogP contribution < -0.4 is 11.1 Å². The summed E-state index contributed by atoms with van der Waals surface area (Å²) in [6.45, 7) is -0.173. The van der Waals surface area contributed by atoms with Crippen molar-refractivity contribution in [3.8, 4) is 0 Å². The number of carbonyl (C=O) groups excluding carboxylic acids is 2. The number of rotatable bonds is 5. The van der Waals surface area contributed by atoms with Gasteiger partial charge in [-0.05, 0) is 17.7 Å². The lowest BCUT2D eigenvalue weighted by atomic mass is 10.1. The SMILES string of the molecule is COC(=O)C(O)CNC(=O)Cc1cccc(N)c1. The highest BCUT2D eigenvalue weighted by Crippen LogP contribution is 2.06. The van der Waals surface area contributed by atoms with Gasteiger partial charge in [-0.3, -0.25) is 4.79 Å². The number of aliphatic hydroxyl groups excluding tert-OH is 1. The van der Waals surface area contributed by atoms with Crippen molar-refractivity contribution in [3.63, 3.8) is 0 Å². The van der Waals surface area contributed by atoms with Crippen LogP contribution in [0, 0.1) is 0 Å². The number of nitrogens with one attached hydrogen (secondary N) is 1. The number of aliphatic hydroxyl groups is 1. The van der Waals surface area contributed by atoms with E-state index in [-0.39, 0.29) is 18.9 Å². The van der Waals surface area contributed by atoms with Crippen molar-refractivity contribution in [3.05, 3.63) is 29.8 Å². The number of ether oxygens (including phenoxy) is 1. The maximum Gasteiger partial charge on any atom is 0.336 e. The monoisotopic (exact) mass is 252 g/mol. The molecule has 6 heteroatoms. The molecule has 0 saturated carbocycles. The molecule has 1 aromatic rings. The summed E-state index contributed by atoms with van der Waals surface area (Å²) in [5, 5.41) is 11.7. The third-order valence-corrected chi connectivity index (χ3v) is 2.28. The fourth-order valence-corrected chi connectivity index (χ4v) is 1.38. The number of hydrogen-bond donors (Lipinski definition) is 3. The fourth-order valence-electron chi connectivity index (χ4n) is 1.38. The van der Waals surface area contributed by atoms with E-state index in [1.165, 1.54) is 7.11 Å². The van der Waals surface area contributed by atoms with Gasteiger partial charge in [-0.25, -0.2) is 4.79 Å². The van der Waals surface area contributed by atoms with Crippen molar-refractivity contribution in [2.45, 2.75) is 12.5 Å². The van der Waals surface area contributed by atoms with Crippen molar-refractivity contribution in [2.75, 3.05) is 19.4 Å². The summed E-state index contributed by atoms with van der Waals surface area (Å²) < 4.78 is 4.32. The first-order valence-corrected chi connectivity index (χ1v) is 5.40. The van der Waals surface area contributed by atoms with Crippen molar-refractivity contribution in [1.82, 2.24) is 5.32 Å². The van der Waals surface area contributed by atoms with Crippen molar-refractivity contribution in [1.29, 1.82) is 0 Å². The molecule has 0 saturated heterocycles. The highest BCUT2D eigenvalue weighted by atomic mass is 16.5. The Morgan fingerprint density at radius 1 is 1.50 bits per heavy atom. The van der Waals surface area contributed by atoms with Crippen LogP contribution in [0.2, 0.25) is 0 Å². The van der Waals surface area contributed by atoms with Gasteiger partial charge < -0.3 is 20.9 Å². The van der Waals surface area contributed by atoms with Gasteiger partial charge in [0.25, 0.3) is 0 Å². The van der Waals surface area contributed by atoms with Crippen molar-refractivity contribution < 1.29 is 19.4 Å². The van der Waals surface area contributed by atoms with E-state index in [1.807, 2.05) is 0 Å². The predicted molar refractivity (Wildman–Crippen MR) is 65.6 cm³/mol. The minimum atomic E-state index is -1.35. The first-order valence-electron chi connectivity index (χ1n) is 5.40. The van der Waals surface area contributed by atoms with Crippen LogP contribution in [0.25, 0.3) is 0 Å². The van der Waals surface area contributed by atoms with Crippen molar-refractivity contribution in [2.24, 2.45) is 0 Å². The number of esters is 1. The molecule has 18 heavy (non-hydrogen) atoms. The van der Waals surface area contributed by atoms with E-state index in [0.717, 1.165) is 5.56 Å². The van der Waals surface area contributed by atoms with E-state index < -0.39 is 12.1 Å². The Morgan fingerprint density at radius 2 is 2.22 bits per heavy atom. The van der Waals surface area contributed by atoms with Gasteiger partial charge in [0.2, 0.25) is 5.91 Å². The molecule has 1 unspecified atom stereocenters. The molecule has 0 bridgehead atoms. The van der Waals surface area contributed by atoms with E-state index in [0.29, 0.717) is 5.69 Å². The minimum Gasteiger partial charge on any atom is -0.467 e. The largest absolute Gasteiger partial charge is 0.467 e. The van der Waals surface area contributed by atoms with Crippen LogP contribution in [-0.4, -0.2) is 36.7 Å². The van der Waals surface area contributed by atoms with Gasteiger partial charge in [0, 0.05) is 5.69 Å². The van der Waals surface area contributed by atoms with Crippen LogP contribution in [0.1, 0.15) is 5.56 Å². The van der Waals surface area contributed by atoms with Gasteiger partial charge in [0.05, 0.1) is 20.1 Å². The molecule has 4 N–H and O–H groups in total. The number of hydrogen-bond acceptors (Lipinski definition) is 5. The Hall–Kier alpha value is -2.08. The van der Waals surface area contributed by atoms with E-state index >= 15 is 0 Å². The molecule has 0 aliphatic rings. The molecule has 1 aromatic carbocycles. The highest BCUT2D eigenvalue weighted by Gasteiger charge is 2.16. The topological polar surface area (TPSA) is 102 Å². The average molecular weight is 252 g/mol. The van der Waals surface area contributed by atoms with Crippen LogP contribution in [0.15, 0.2) is 24.3 Å². The standard InChI is InChI=1S/C12H16N2O4/c1-18-12(17)10(15)7-14-11(16)6-8-3-2-4-9(13)5-8/h2-5,10,15H,6-7,13H2,1H3,(H,14,16). The summed E-state index contributed by atoms with van der Waals surface area (Å²) in [6, 6.07) is 6.94. The third kappa shape index (κ3) is 4.42. The fraction of sp³-hybridized carbons (Fsp3) is 0.333. The average Bonchev–Trinajstić information content (AvgIpc) is 2.35. The number of amides is 1. The zero-order chi connectivity index (χ0) is 13.5. The van der Waals surface area contributed by atoms with Gasteiger partial charge in [-0.15, -0.1) is 0 Å². The number of nitrogen functional groups attached to an aromatic ring is 1. The first-order chi connectivity index (χ1) is 8.52. The molecule has 1 amide bonds. The number of methoxy groups -OCH3 is 1. The van der Waals surface area contributed by atoms with E-state index in [2.05, 4.69) is 10.1 Å². The molecular weight excluding hydrogens is 236 g/mol. The number of anilines is 1. The molecule has 6 nitrogen and oxygen atoms in total. The molecule has 1 atom stereocenters. The lowest BCUT2D eigenvalue weighted by Gasteiger charge is -2.09. The number of benzene rings is 1. The molecular formula is C12H16N2O4. The van der Waals surface area contributed by atoms with E-state index in [9.17, 15) is 14.7 Å². The maximum absolute atomic E-state index is 11.5. The molecule has 1 rings (SSSR count). The summed E-state index contributed by atoms with van der Waals surface area (Å²) in [5.41, 5.74) is 6.92. The van der Waals surface area contributed by atoms with Crippen LogP contribution in [0.3, 0.4) is 0 Å². The van der Waals surface area contributed by atoms with Gasteiger partial charge in [-0.2, -0.15) is 0 Å². The molecule has 0 spiro atoms.